The standard InChI is InChI=1S/C88H92N2/c1-9-13-15-17-25-77-61-88(86-56-54-84(60-66(86)8)90(82-51-43-74(44-52-82)76-28-20-24-64(6)58-76)80-47-39-72(40-48-80)70-35-31-68(22-12-4)32-36-70)78(26-18-16-14-10-2)62-87(77)85-55-53-83(59-65(85)7)89(81-49-41-73(42-50-81)75-27-19-23-63(5)57-75)79-45-37-71(38-46-79)69-33-29-67(21-11-3)30-34-69/h19-20,23-24,27-62H,9-18,21-22,25-26H2,1-8H3. The molecule has 454 valence electrons. The zero-order valence-electron chi connectivity index (χ0n) is 54.9. The highest BCUT2D eigenvalue weighted by molar-refractivity contribution is 5.87. The molecule has 0 aliphatic heterocycles. The van der Waals surface area contributed by atoms with E-state index < -0.39 is 0 Å². The minimum Gasteiger partial charge on any atom is -0.310 e. The van der Waals surface area contributed by atoms with E-state index in [1.54, 1.807) is 0 Å². The fourth-order valence-corrected chi connectivity index (χ4v) is 13.3. The summed E-state index contributed by atoms with van der Waals surface area (Å²) in [7, 11) is 0. The van der Waals surface area contributed by atoms with Crippen molar-refractivity contribution < 1.29 is 0 Å². The molecule has 0 bridgehead atoms. The molecule has 11 aromatic carbocycles. The van der Waals surface area contributed by atoms with Crippen molar-refractivity contribution in [2.24, 2.45) is 0 Å². The first-order chi connectivity index (χ1) is 44.1. The van der Waals surface area contributed by atoms with Gasteiger partial charge in [0.05, 0.1) is 0 Å². The van der Waals surface area contributed by atoms with Crippen LogP contribution in [0.3, 0.4) is 0 Å². The van der Waals surface area contributed by atoms with Gasteiger partial charge in [-0.1, -0.05) is 260 Å². The van der Waals surface area contributed by atoms with Gasteiger partial charge >= 0.3 is 0 Å². The summed E-state index contributed by atoms with van der Waals surface area (Å²) in [5.74, 6) is 0. The molecule has 0 amide bonds. The van der Waals surface area contributed by atoms with E-state index in [1.807, 2.05) is 0 Å². The van der Waals surface area contributed by atoms with Gasteiger partial charge in [0.25, 0.3) is 0 Å². The van der Waals surface area contributed by atoms with Gasteiger partial charge in [-0.2, -0.15) is 0 Å². The first-order valence-corrected chi connectivity index (χ1v) is 33.8. The maximum Gasteiger partial charge on any atom is 0.0464 e. The molecule has 0 atom stereocenters. The van der Waals surface area contributed by atoms with Crippen LogP contribution in [0.25, 0.3) is 66.8 Å². The smallest absolute Gasteiger partial charge is 0.0464 e. The van der Waals surface area contributed by atoms with Crippen molar-refractivity contribution in [3.63, 3.8) is 0 Å². The first-order valence-electron chi connectivity index (χ1n) is 33.8. The predicted octanol–water partition coefficient (Wildman–Crippen LogP) is 26.0. The number of hydrogen-bond donors (Lipinski definition) is 0. The number of benzene rings is 11. The Morgan fingerprint density at radius 1 is 0.233 bits per heavy atom. The minimum absolute atomic E-state index is 1.04. The summed E-state index contributed by atoms with van der Waals surface area (Å²) in [6.07, 6.45) is 16.3. The second kappa shape index (κ2) is 30.0. The molecule has 2 heteroatoms. The van der Waals surface area contributed by atoms with Gasteiger partial charge in [0.1, 0.15) is 0 Å². The third-order valence-corrected chi connectivity index (χ3v) is 18.3. The van der Waals surface area contributed by atoms with Crippen molar-refractivity contribution in [1.82, 2.24) is 0 Å². The van der Waals surface area contributed by atoms with Crippen LogP contribution in [0.15, 0.2) is 243 Å². The van der Waals surface area contributed by atoms with Crippen molar-refractivity contribution >= 4 is 34.1 Å². The largest absolute Gasteiger partial charge is 0.310 e. The molecular formula is C88H92N2. The normalized spacial score (nSPS) is 11.3. The quantitative estimate of drug-likeness (QED) is 0.0499. The number of hydrogen-bond acceptors (Lipinski definition) is 2. The molecule has 0 saturated heterocycles. The van der Waals surface area contributed by atoms with E-state index in [2.05, 4.69) is 308 Å². The van der Waals surface area contributed by atoms with Crippen LogP contribution in [-0.2, 0) is 25.7 Å². The highest BCUT2D eigenvalue weighted by Gasteiger charge is 2.21. The summed E-state index contributed by atoms with van der Waals surface area (Å²) in [6.45, 7) is 18.1. The maximum absolute atomic E-state index is 2.61. The zero-order valence-corrected chi connectivity index (χ0v) is 54.9. The third-order valence-electron chi connectivity index (χ3n) is 18.3. The third kappa shape index (κ3) is 15.0. The number of rotatable bonds is 26. The molecule has 0 saturated carbocycles. The van der Waals surface area contributed by atoms with E-state index in [4.69, 9.17) is 0 Å². The van der Waals surface area contributed by atoms with Crippen LogP contribution in [0.2, 0.25) is 0 Å². The number of nitrogens with zero attached hydrogens (tertiary/aromatic N) is 2. The van der Waals surface area contributed by atoms with E-state index in [0.717, 1.165) is 85.5 Å². The number of unbranched alkanes of at least 4 members (excludes halogenated alkanes) is 6. The molecule has 0 aromatic heterocycles. The SMILES string of the molecule is CCCCCCc1cc(-c2ccc(N(c3ccc(-c4ccc(CCC)cc4)cc3)c3ccc(-c4cccc(C)c4)cc3)cc2C)c(CCCCCC)cc1-c1ccc(N(c2ccc(-c3ccc(CCC)cc3)cc2)c2ccc(-c3cccc(C)c3)cc2)cc1C. The fraction of sp³-hybridized carbons (Fsp3) is 0.250. The number of anilines is 6. The predicted molar refractivity (Wildman–Crippen MR) is 391 cm³/mol. The molecule has 11 rings (SSSR count). The maximum atomic E-state index is 2.61. The van der Waals surface area contributed by atoms with E-state index in [-0.39, 0.29) is 0 Å². The van der Waals surface area contributed by atoms with Crippen molar-refractivity contribution in [1.29, 1.82) is 0 Å². The average Bonchev–Trinajstić information content (AvgIpc) is 0.910. The van der Waals surface area contributed by atoms with Gasteiger partial charge in [-0.3, -0.25) is 0 Å². The summed E-state index contributed by atoms with van der Waals surface area (Å²) in [6, 6.07) is 92.2. The fourth-order valence-electron chi connectivity index (χ4n) is 13.3. The molecule has 0 fully saturated rings. The Kier molecular flexibility index (Phi) is 20.9. The van der Waals surface area contributed by atoms with Crippen LogP contribution in [0.5, 0.6) is 0 Å². The molecule has 0 aliphatic rings. The zero-order chi connectivity index (χ0) is 62.3. The van der Waals surface area contributed by atoms with E-state index in [0.29, 0.717) is 0 Å². The second-order valence-corrected chi connectivity index (χ2v) is 25.3. The van der Waals surface area contributed by atoms with Crippen molar-refractivity contribution in [3.8, 4) is 66.8 Å². The topological polar surface area (TPSA) is 6.48 Å². The molecular weight excluding hydrogens is 1080 g/mol. The molecule has 2 nitrogen and oxygen atoms in total. The first kappa shape index (κ1) is 62.6. The van der Waals surface area contributed by atoms with Gasteiger partial charge in [-0.05, 0) is 239 Å². The van der Waals surface area contributed by atoms with Crippen LogP contribution in [-0.4, -0.2) is 0 Å². The summed E-state index contributed by atoms with van der Waals surface area (Å²) in [5, 5.41) is 0. The lowest BCUT2D eigenvalue weighted by atomic mass is 9.84. The molecule has 90 heavy (non-hydrogen) atoms. The van der Waals surface area contributed by atoms with E-state index >= 15 is 0 Å². The lowest BCUT2D eigenvalue weighted by Crippen LogP contribution is -2.10. The monoisotopic (exact) mass is 1180 g/mol. The van der Waals surface area contributed by atoms with Gasteiger partial charge in [-0.15, -0.1) is 0 Å². The van der Waals surface area contributed by atoms with Gasteiger partial charge < -0.3 is 9.80 Å². The summed E-state index contributed by atoms with van der Waals surface area (Å²) < 4.78 is 0. The summed E-state index contributed by atoms with van der Waals surface area (Å²) in [5.41, 5.74) is 32.8. The average molecular weight is 1180 g/mol. The van der Waals surface area contributed by atoms with Crippen molar-refractivity contribution in [2.75, 3.05) is 9.80 Å². The number of aryl methyl sites for hydroxylation is 8. The van der Waals surface area contributed by atoms with Gasteiger partial charge in [-0.25, -0.2) is 0 Å². The Hall–Kier alpha value is -8.98. The lowest BCUT2D eigenvalue weighted by molar-refractivity contribution is 0.664. The van der Waals surface area contributed by atoms with E-state index in [1.165, 1.54) is 150 Å². The Morgan fingerprint density at radius 3 is 0.844 bits per heavy atom. The van der Waals surface area contributed by atoms with Crippen LogP contribution in [0.1, 0.15) is 136 Å². The van der Waals surface area contributed by atoms with Crippen molar-refractivity contribution in [2.45, 2.75) is 145 Å². The Balaban J connectivity index is 0.978. The molecule has 0 N–H and O–H groups in total. The minimum atomic E-state index is 1.04. The summed E-state index contributed by atoms with van der Waals surface area (Å²) >= 11 is 0. The molecule has 0 spiro atoms. The molecule has 0 aliphatic carbocycles. The highest BCUT2D eigenvalue weighted by Crippen LogP contribution is 2.44. The molecule has 11 aromatic rings. The van der Waals surface area contributed by atoms with Crippen molar-refractivity contribution in [3.05, 3.63) is 287 Å². The van der Waals surface area contributed by atoms with Crippen LogP contribution < -0.4 is 9.80 Å². The Labute approximate surface area is 540 Å². The Morgan fingerprint density at radius 2 is 0.544 bits per heavy atom. The van der Waals surface area contributed by atoms with Gasteiger partial charge in [0.15, 0.2) is 0 Å². The highest BCUT2D eigenvalue weighted by atomic mass is 15.1. The lowest BCUT2D eigenvalue weighted by Gasteiger charge is -2.28. The molecule has 0 heterocycles. The second-order valence-electron chi connectivity index (χ2n) is 25.3. The van der Waals surface area contributed by atoms with Crippen LogP contribution >= 0.6 is 0 Å². The van der Waals surface area contributed by atoms with Gasteiger partial charge in [0, 0.05) is 34.1 Å². The summed E-state index contributed by atoms with van der Waals surface area (Å²) in [4.78, 5) is 4.88. The molecule has 0 unspecified atom stereocenters. The van der Waals surface area contributed by atoms with E-state index in [9.17, 15) is 0 Å². The van der Waals surface area contributed by atoms with Crippen LogP contribution in [0, 0.1) is 27.7 Å². The van der Waals surface area contributed by atoms with Crippen LogP contribution in [0.4, 0.5) is 34.1 Å². The molecule has 0 radical (unpaired) electrons. The Bertz CT molecular complexity index is 3840. The van der Waals surface area contributed by atoms with Gasteiger partial charge in [0.2, 0.25) is 0 Å².